The Balaban J connectivity index is 1.57. The Labute approximate surface area is 219 Å². The number of benzene rings is 2. The molecule has 5 rings (SSSR count). The number of carbonyl (C=O) groups excluding carboxylic acids is 1. The van der Waals surface area contributed by atoms with Crippen molar-refractivity contribution in [2.24, 2.45) is 5.41 Å². The number of hydrogen-bond donors (Lipinski definition) is 2. The summed E-state index contributed by atoms with van der Waals surface area (Å²) in [7, 11) is -4.23. The lowest BCUT2D eigenvalue weighted by atomic mass is 9.81. The minimum atomic E-state index is -4.23. The SMILES string of the molecule is O=C(C(O)C1([C@H]2CCC[C@@H](c3cc(F)cc(F)c3)N2S(=O)(=O)c2ccc(Cl)cc2)CC1)N1CC[C@H](O)C1. The lowest BCUT2D eigenvalue weighted by molar-refractivity contribution is -0.145. The Morgan fingerprint density at radius 3 is 2.27 bits per heavy atom. The summed E-state index contributed by atoms with van der Waals surface area (Å²) >= 11 is 5.98. The van der Waals surface area contributed by atoms with Gasteiger partial charge in [0.05, 0.1) is 17.0 Å². The fourth-order valence-electron chi connectivity index (χ4n) is 5.96. The van der Waals surface area contributed by atoms with Gasteiger partial charge in [-0.2, -0.15) is 4.31 Å². The van der Waals surface area contributed by atoms with Crippen molar-refractivity contribution in [3.63, 3.8) is 0 Å². The number of rotatable bonds is 6. The number of hydrogen-bond acceptors (Lipinski definition) is 5. The van der Waals surface area contributed by atoms with Gasteiger partial charge in [-0.3, -0.25) is 4.79 Å². The molecule has 1 unspecified atom stereocenters. The highest BCUT2D eigenvalue weighted by molar-refractivity contribution is 7.89. The zero-order valence-corrected chi connectivity index (χ0v) is 21.6. The minimum absolute atomic E-state index is 0.0371. The number of β-amino-alcohol motifs (C(OH)–C–C–N with tert-alkyl or cyclic N) is 1. The van der Waals surface area contributed by atoms with Crippen molar-refractivity contribution in [1.82, 2.24) is 9.21 Å². The Hall–Kier alpha value is -2.11. The zero-order chi connectivity index (χ0) is 26.5. The number of piperidine rings is 1. The molecular formula is C26H29ClF2N2O5S. The van der Waals surface area contributed by atoms with Crippen LogP contribution in [0.3, 0.4) is 0 Å². The molecule has 200 valence electrons. The van der Waals surface area contributed by atoms with Gasteiger partial charge in [0.25, 0.3) is 5.91 Å². The second-order valence-electron chi connectivity index (χ2n) is 10.3. The van der Waals surface area contributed by atoms with E-state index in [9.17, 15) is 32.2 Å². The number of sulfonamides is 1. The van der Waals surface area contributed by atoms with Crippen molar-refractivity contribution >= 4 is 27.5 Å². The molecule has 7 nitrogen and oxygen atoms in total. The lowest BCUT2D eigenvalue weighted by Crippen LogP contribution is -2.55. The first-order valence-corrected chi connectivity index (χ1v) is 14.2. The third-order valence-corrected chi connectivity index (χ3v) is 10.2. The minimum Gasteiger partial charge on any atom is -0.391 e. The highest BCUT2D eigenvalue weighted by Crippen LogP contribution is 2.59. The van der Waals surface area contributed by atoms with Crippen molar-refractivity contribution in [1.29, 1.82) is 0 Å². The largest absolute Gasteiger partial charge is 0.391 e. The van der Waals surface area contributed by atoms with E-state index >= 15 is 0 Å². The van der Waals surface area contributed by atoms with E-state index in [1.54, 1.807) is 0 Å². The van der Waals surface area contributed by atoms with Gasteiger partial charge in [-0.25, -0.2) is 17.2 Å². The third kappa shape index (κ3) is 4.90. The van der Waals surface area contributed by atoms with Crippen LogP contribution in [0.25, 0.3) is 0 Å². The smallest absolute Gasteiger partial charge is 0.252 e. The summed E-state index contributed by atoms with van der Waals surface area (Å²) in [6.07, 6.45) is 0.405. The van der Waals surface area contributed by atoms with Crippen molar-refractivity contribution in [3.05, 3.63) is 64.7 Å². The van der Waals surface area contributed by atoms with Crippen LogP contribution >= 0.6 is 11.6 Å². The lowest BCUT2D eigenvalue weighted by Gasteiger charge is -2.46. The normalized spacial score (nSPS) is 26.7. The van der Waals surface area contributed by atoms with E-state index in [0.29, 0.717) is 50.1 Å². The molecule has 37 heavy (non-hydrogen) atoms. The molecule has 4 atom stereocenters. The Morgan fingerprint density at radius 1 is 1.05 bits per heavy atom. The molecule has 2 aromatic carbocycles. The molecule has 3 fully saturated rings. The average molecular weight is 555 g/mol. The molecule has 2 aromatic rings. The molecule has 0 radical (unpaired) electrons. The fraction of sp³-hybridized carbons (Fsp3) is 0.500. The van der Waals surface area contributed by atoms with Crippen LogP contribution in [0.4, 0.5) is 8.78 Å². The molecule has 2 N–H and O–H groups in total. The van der Waals surface area contributed by atoms with Gasteiger partial charge in [-0.05, 0) is 80.5 Å². The van der Waals surface area contributed by atoms with Crippen LogP contribution in [0.5, 0.6) is 0 Å². The van der Waals surface area contributed by atoms with Gasteiger partial charge < -0.3 is 15.1 Å². The molecule has 2 aliphatic heterocycles. The number of likely N-dealkylation sites (tertiary alicyclic amines) is 1. The van der Waals surface area contributed by atoms with Gasteiger partial charge >= 0.3 is 0 Å². The van der Waals surface area contributed by atoms with Crippen molar-refractivity contribution < 1.29 is 32.2 Å². The highest BCUT2D eigenvalue weighted by Gasteiger charge is 2.62. The summed E-state index contributed by atoms with van der Waals surface area (Å²) in [5.41, 5.74) is -0.853. The topological polar surface area (TPSA) is 98.2 Å². The molecule has 0 spiro atoms. The van der Waals surface area contributed by atoms with Gasteiger partial charge in [0.1, 0.15) is 17.7 Å². The van der Waals surface area contributed by atoms with E-state index < -0.39 is 57.3 Å². The van der Waals surface area contributed by atoms with E-state index in [-0.39, 0.29) is 17.0 Å². The summed E-state index contributed by atoms with van der Waals surface area (Å²) in [4.78, 5) is 14.6. The van der Waals surface area contributed by atoms with Crippen LogP contribution in [-0.2, 0) is 14.8 Å². The molecule has 11 heteroatoms. The first-order chi connectivity index (χ1) is 17.5. The number of amides is 1. The van der Waals surface area contributed by atoms with Crippen molar-refractivity contribution in [2.75, 3.05) is 13.1 Å². The predicted molar refractivity (Wildman–Crippen MR) is 132 cm³/mol. The summed E-state index contributed by atoms with van der Waals surface area (Å²) in [5, 5.41) is 21.5. The van der Waals surface area contributed by atoms with Crippen LogP contribution in [0, 0.1) is 17.0 Å². The Morgan fingerprint density at radius 2 is 1.70 bits per heavy atom. The van der Waals surface area contributed by atoms with Gasteiger partial charge in [-0.15, -0.1) is 0 Å². The van der Waals surface area contributed by atoms with Gasteiger partial charge in [0.2, 0.25) is 10.0 Å². The van der Waals surface area contributed by atoms with Gasteiger partial charge in [0, 0.05) is 35.6 Å². The zero-order valence-electron chi connectivity index (χ0n) is 20.1. The highest BCUT2D eigenvalue weighted by atomic mass is 35.5. The Kier molecular flexibility index (Phi) is 7.08. The molecular weight excluding hydrogens is 526 g/mol. The quantitative estimate of drug-likeness (QED) is 0.568. The molecule has 1 amide bonds. The number of aliphatic hydroxyl groups is 2. The maximum Gasteiger partial charge on any atom is 0.252 e. The molecule has 1 aliphatic carbocycles. The van der Waals surface area contributed by atoms with E-state index in [2.05, 4.69) is 0 Å². The van der Waals surface area contributed by atoms with Gasteiger partial charge in [-0.1, -0.05) is 11.6 Å². The van der Waals surface area contributed by atoms with Crippen molar-refractivity contribution in [2.45, 2.75) is 67.7 Å². The number of carbonyl (C=O) groups is 1. The standard InChI is InChI=1S/C26H29ClF2N2O5S/c27-17-4-6-21(7-5-17)37(35,36)31-22(16-12-18(28)14-19(29)13-16)2-1-3-23(31)26(9-10-26)24(33)25(34)30-11-8-20(32)15-30/h4-7,12-14,20,22-24,32-33H,1-3,8-11,15H2/t20-,22-,23+,24?/m0/s1. The third-order valence-electron chi connectivity index (χ3n) is 7.97. The van der Waals surface area contributed by atoms with Crippen LogP contribution in [0.1, 0.15) is 50.1 Å². The molecule has 2 saturated heterocycles. The molecule has 3 aliphatic rings. The van der Waals surface area contributed by atoms with Crippen molar-refractivity contribution in [3.8, 4) is 0 Å². The second-order valence-corrected chi connectivity index (χ2v) is 12.6. The van der Waals surface area contributed by atoms with E-state index in [1.807, 2.05) is 0 Å². The van der Waals surface area contributed by atoms with Crippen LogP contribution < -0.4 is 0 Å². The Bertz CT molecular complexity index is 1270. The number of aliphatic hydroxyl groups excluding tert-OH is 2. The second kappa shape index (κ2) is 9.89. The average Bonchev–Trinajstić information content (AvgIpc) is 3.56. The van der Waals surface area contributed by atoms with Gasteiger partial charge in [0.15, 0.2) is 0 Å². The molecule has 2 heterocycles. The monoisotopic (exact) mass is 554 g/mol. The van der Waals surface area contributed by atoms with Crippen LogP contribution in [-0.4, -0.2) is 65.1 Å². The van der Waals surface area contributed by atoms with E-state index in [4.69, 9.17) is 11.6 Å². The maximum absolute atomic E-state index is 14.2. The van der Waals surface area contributed by atoms with Crippen LogP contribution in [0.15, 0.2) is 47.4 Å². The summed E-state index contributed by atoms with van der Waals surface area (Å²) in [6.45, 7) is 0.435. The molecule has 0 bridgehead atoms. The summed E-state index contributed by atoms with van der Waals surface area (Å²) in [5.74, 6) is -2.16. The van der Waals surface area contributed by atoms with E-state index in [1.165, 1.54) is 33.5 Å². The van der Waals surface area contributed by atoms with E-state index in [0.717, 1.165) is 18.2 Å². The molecule has 0 aromatic heterocycles. The predicted octanol–water partition coefficient (Wildman–Crippen LogP) is 3.64. The fourth-order valence-corrected chi connectivity index (χ4v) is 8.02. The summed E-state index contributed by atoms with van der Waals surface area (Å²) in [6, 6.07) is 6.99. The number of nitrogens with zero attached hydrogens (tertiary/aromatic N) is 2. The molecule has 1 saturated carbocycles. The van der Waals surface area contributed by atoms with Crippen LogP contribution in [0.2, 0.25) is 5.02 Å². The number of halogens is 3. The first kappa shape index (κ1) is 26.5. The first-order valence-electron chi connectivity index (χ1n) is 12.4. The summed E-state index contributed by atoms with van der Waals surface area (Å²) < 4.78 is 57.9. The maximum atomic E-state index is 14.2.